The molecule has 0 N–H and O–H groups in total. The van der Waals surface area contributed by atoms with Crippen LogP contribution in [0.3, 0.4) is 0 Å². The molecule has 0 unspecified atom stereocenters. The number of nitrogens with zero attached hydrogens (tertiary/aromatic N) is 1. The van der Waals surface area contributed by atoms with Crippen molar-refractivity contribution in [3.8, 4) is 0 Å². The van der Waals surface area contributed by atoms with Crippen LogP contribution in [0.2, 0.25) is 0 Å². The maximum absolute atomic E-state index is 11.3. The summed E-state index contributed by atoms with van der Waals surface area (Å²) in [4.78, 5) is 15.1. The van der Waals surface area contributed by atoms with E-state index in [2.05, 4.69) is 4.99 Å². The van der Waals surface area contributed by atoms with E-state index in [4.69, 9.17) is 0 Å². The van der Waals surface area contributed by atoms with Crippen LogP contribution in [0.15, 0.2) is 29.3 Å². The molecule has 0 spiro atoms. The van der Waals surface area contributed by atoms with Gasteiger partial charge in [0.2, 0.25) is 0 Å². The Morgan fingerprint density at radius 1 is 1.25 bits per heavy atom. The van der Waals surface area contributed by atoms with Crippen LogP contribution in [-0.2, 0) is 0 Å². The maximum Gasteiger partial charge on any atom is 0.277 e. The Kier molecular flexibility index (Phi) is 1.54. The first-order valence-corrected chi connectivity index (χ1v) is 3.81. The van der Waals surface area contributed by atoms with Gasteiger partial charge in [0.05, 0.1) is 0 Å². The molecule has 1 radical (unpaired) electrons. The fourth-order valence-electron chi connectivity index (χ4n) is 1.30. The Labute approximate surface area is 70.9 Å². The van der Waals surface area contributed by atoms with Crippen molar-refractivity contribution in [2.45, 2.75) is 6.92 Å². The van der Waals surface area contributed by atoms with Crippen molar-refractivity contribution >= 4 is 11.6 Å². The predicted octanol–water partition coefficient (Wildman–Crippen LogP) is 1.85. The zero-order chi connectivity index (χ0) is 8.55. The van der Waals surface area contributed by atoms with E-state index in [1.807, 2.05) is 31.5 Å². The standard InChI is InChI=1S/C10H8NO/c1-7-6-8-4-2-3-5-9(8)10(12)11-7/h2-6H,1H3. The average molecular weight is 158 g/mol. The van der Waals surface area contributed by atoms with Gasteiger partial charge in [0.1, 0.15) is 0 Å². The molecule has 0 aromatic heterocycles. The number of hydrogen-bond donors (Lipinski definition) is 0. The molecule has 2 rings (SSSR count). The Morgan fingerprint density at radius 2 is 2.00 bits per heavy atom. The summed E-state index contributed by atoms with van der Waals surface area (Å²) in [5, 5.41) is 0. The number of fused-ring (bicyclic) bond motifs is 1. The molecular weight excluding hydrogens is 150 g/mol. The van der Waals surface area contributed by atoms with Gasteiger partial charge in [-0.3, -0.25) is 4.79 Å². The molecule has 0 aliphatic carbocycles. The first-order valence-electron chi connectivity index (χ1n) is 3.81. The Hall–Kier alpha value is -1.44. The number of amides is 1. The molecule has 1 amide bonds. The molecule has 1 aromatic carbocycles. The predicted molar refractivity (Wildman–Crippen MR) is 47.3 cm³/mol. The molecule has 0 saturated carbocycles. The van der Waals surface area contributed by atoms with Crippen LogP contribution in [0, 0.1) is 6.42 Å². The number of benzene rings is 1. The Bertz CT molecular complexity index is 366. The smallest absolute Gasteiger partial charge is 0.267 e. The highest BCUT2D eigenvalue weighted by Crippen LogP contribution is 2.17. The molecule has 0 bridgehead atoms. The summed E-state index contributed by atoms with van der Waals surface area (Å²) in [6.07, 6.45) is 1.91. The summed E-state index contributed by atoms with van der Waals surface area (Å²) >= 11 is 0. The zero-order valence-corrected chi connectivity index (χ0v) is 6.74. The van der Waals surface area contributed by atoms with Crippen molar-refractivity contribution < 1.29 is 4.79 Å². The first-order chi connectivity index (χ1) is 5.77. The monoisotopic (exact) mass is 158 g/mol. The fraction of sp³-hybridized carbons (Fsp3) is 0.100. The molecular formula is C10H8NO. The lowest BCUT2D eigenvalue weighted by Gasteiger charge is -2.10. The topological polar surface area (TPSA) is 29.4 Å². The zero-order valence-electron chi connectivity index (χ0n) is 6.74. The second-order valence-electron chi connectivity index (χ2n) is 2.79. The van der Waals surface area contributed by atoms with Gasteiger partial charge in [-0.1, -0.05) is 18.2 Å². The highest BCUT2D eigenvalue weighted by molar-refractivity contribution is 6.12. The van der Waals surface area contributed by atoms with Crippen LogP contribution in [0.25, 0.3) is 0 Å². The van der Waals surface area contributed by atoms with Crippen molar-refractivity contribution in [3.63, 3.8) is 0 Å². The molecule has 2 heteroatoms. The van der Waals surface area contributed by atoms with Crippen molar-refractivity contribution in [1.82, 2.24) is 0 Å². The summed E-state index contributed by atoms with van der Waals surface area (Å²) in [6, 6.07) is 7.48. The van der Waals surface area contributed by atoms with Gasteiger partial charge in [0.25, 0.3) is 5.91 Å². The molecule has 0 saturated heterocycles. The van der Waals surface area contributed by atoms with Crippen LogP contribution in [0.1, 0.15) is 22.8 Å². The van der Waals surface area contributed by atoms with Gasteiger partial charge in [0.15, 0.2) is 0 Å². The Balaban J connectivity index is 2.56. The second-order valence-corrected chi connectivity index (χ2v) is 2.79. The van der Waals surface area contributed by atoms with Gasteiger partial charge < -0.3 is 0 Å². The summed E-state index contributed by atoms with van der Waals surface area (Å²) < 4.78 is 0. The average Bonchev–Trinajstić information content (AvgIpc) is 2.04. The van der Waals surface area contributed by atoms with Gasteiger partial charge in [-0.05, 0) is 18.6 Å². The molecule has 0 atom stereocenters. The van der Waals surface area contributed by atoms with Gasteiger partial charge in [-0.2, -0.15) is 0 Å². The van der Waals surface area contributed by atoms with Gasteiger partial charge in [-0.25, -0.2) is 4.99 Å². The molecule has 1 aliphatic heterocycles. The lowest BCUT2D eigenvalue weighted by Crippen LogP contribution is -2.11. The highest BCUT2D eigenvalue weighted by atomic mass is 16.1. The minimum absolute atomic E-state index is 0.134. The van der Waals surface area contributed by atoms with E-state index in [-0.39, 0.29) is 5.91 Å². The second kappa shape index (κ2) is 2.55. The molecule has 12 heavy (non-hydrogen) atoms. The third-order valence-electron chi connectivity index (χ3n) is 1.83. The van der Waals surface area contributed by atoms with Crippen LogP contribution in [0.4, 0.5) is 0 Å². The van der Waals surface area contributed by atoms with Crippen molar-refractivity contribution in [1.29, 1.82) is 0 Å². The van der Waals surface area contributed by atoms with E-state index in [1.54, 1.807) is 6.07 Å². The van der Waals surface area contributed by atoms with E-state index < -0.39 is 0 Å². The summed E-state index contributed by atoms with van der Waals surface area (Å²) in [5.41, 5.74) is 2.44. The van der Waals surface area contributed by atoms with Crippen LogP contribution in [-0.4, -0.2) is 11.6 Å². The molecule has 59 valence electrons. The highest BCUT2D eigenvalue weighted by Gasteiger charge is 2.15. The fourth-order valence-corrected chi connectivity index (χ4v) is 1.30. The van der Waals surface area contributed by atoms with E-state index in [0.717, 1.165) is 11.3 Å². The van der Waals surface area contributed by atoms with E-state index in [1.165, 1.54) is 0 Å². The maximum atomic E-state index is 11.3. The molecule has 1 aliphatic rings. The summed E-state index contributed by atoms with van der Waals surface area (Å²) in [7, 11) is 0. The molecule has 1 heterocycles. The van der Waals surface area contributed by atoms with E-state index in [9.17, 15) is 4.79 Å². The normalized spacial score (nSPS) is 15.4. The lowest BCUT2D eigenvalue weighted by atomic mass is 9.99. The number of aliphatic imine (C=N–C) groups is 1. The number of hydrogen-bond acceptors (Lipinski definition) is 1. The van der Waals surface area contributed by atoms with Gasteiger partial charge >= 0.3 is 0 Å². The van der Waals surface area contributed by atoms with Crippen molar-refractivity contribution in [3.05, 3.63) is 41.8 Å². The van der Waals surface area contributed by atoms with Gasteiger partial charge in [-0.15, -0.1) is 0 Å². The van der Waals surface area contributed by atoms with Crippen LogP contribution in [0.5, 0.6) is 0 Å². The quantitative estimate of drug-likeness (QED) is 0.566. The third-order valence-corrected chi connectivity index (χ3v) is 1.83. The lowest BCUT2D eigenvalue weighted by molar-refractivity contribution is 0.100. The number of carbonyl (C=O) groups excluding carboxylic acids is 1. The van der Waals surface area contributed by atoms with Crippen molar-refractivity contribution in [2.24, 2.45) is 4.99 Å². The molecule has 0 fully saturated rings. The number of carbonyl (C=O) groups is 1. The third kappa shape index (κ3) is 1.05. The van der Waals surface area contributed by atoms with Crippen LogP contribution >= 0.6 is 0 Å². The number of rotatable bonds is 0. The van der Waals surface area contributed by atoms with Crippen LogP contribution < -0.4 is 0 Å². The Morgan fingerprint density at radius 3 is 2.83 bits per heavy atom. The van der Waals surface area contributed by atoms with Gasteiger partial charge in [0, 0.05) is 17.7 Å². The molecule has 1 aromatic rings. The molecule has 2 nitrogen and oxygen atoms in total. The van der Waals surface area contributed by atoms with Crippen molar-refractivity contribution in [2.75, 3.05) is 0 Å². The first kappa shape index (κ1) is 7.22. The SMILES string of the molecule is CC1=NC(=O)c2ccccc2[CH]1. The van der Waals surface area contributed by atoms with E-state index in [0.29, 0.717) is 5.56 Å². The summed E-state index contributed by atoms with van der Waals surface area (Å²) in [5.74, 6) is -0.134. The minimum Gasteiger partial charge on any atom is -0.267 e. The summed E-state index contributed by atoms with van der Waals surface area (Å²) in [6.45, 7) is 1.83. The van der Waals surface area contributed by atoms with E-state index >= 15 is 0 Å². The largest absolute Gasteiger partial charge is 0.277 e. The minimum atomic E-state index is -0.134.